The van der Waals surface area contributed by atoms with Gasteiger partial charge in [-0.25, -0.2) is 9.59 Å². The first kappa shape index (κ1) is 18.2. The highest BCUT2D eigenvalue weighted by Gasteiger charge is 2.49. The van der Waals surface area contributed by atoms with E-state index < -0.39 is 30.3 Å². The van der Waals surface area contributed by atoms with Gasteiger partial charge in [0.15, 0.2) is 0 Å². The van der Waals surface area contributed by atoms with Crippen molar-refractivity contribution in [3.05, 3.63) is 34.6 Å². The summed E-state index contributed by atoms with van der Waals surface area (Å²) in [5.41, 5.74) is 2.04. The molecule has 140 valence electrons. The first-order valence-electron chi connectivity index (χ1n) is 8.48. The summed E-state index contributed by atoms with van der Waals surface area (Å²) in [5.74, 6) is -2.53. The van der Waals surface area contributed by atoms with Gasteiger partial charge < -0.3 is 19.3 Å². The molecule has 0 radical (unpaired) electrons. The van der Waals surface area contributed by atoms with Crippen molar-refractivity contribution in [1.82, 2.24) is 0 Å². The maximum atomic E-state index is 12.0. The summed E-state index contributed by atoms with van der Waals surface area (Å²) in [7, 11) is 0. The van der Waals surface area contributed by atoms with Crippen LogP contribution in [-0.2, 0) is 28.6 Å². The standard InChI is InChI=1S/C19H22O7/c1-9-5-11(16-15(9)19(3,4)7-13(20)25-16)12(17(21)22)8-24-14-6-10(2)18(23)26-14/h6,8,11,14,16H,5,7H2,1-4H3,(H,21,22). The third-order valence-electron chi connectivity index (χ3n) is 5.12. The van der Waals surface area contributed by atoms with E-state index >= 15 is 0 Å². The first-order chi connectivity index (χ1) is 12.1. The Morgan fingerprint density at radius 3 is 2.58 bits per heavy atom. The summed E-state index contributed by atoms with van der Waals surface area (Å²) >= 11 is 0. The normalized spacial score (nSPS) is 30.5. The molecule has 2 heterocycles. The molecule has 0 aromatic heterocycles. The molecule has 26 heavy (non-hydrogen) atoms. The highest BCUT2D eigenvalue weighted by atomic mass is 16.7. The molecule has 0 amide bonds. The minimum Gasteiger partial charge on any atom is -0.478 e. The van der Waals surface area contributed by atoms with Crippen molar-refractivity contribution in [2.75, 3.05) is 0 Å². The second-order valence-corrected chi connectivity index (χ2v) is 7.61. The molecule has 1 saturated heterocycles. The van der Waals surface area contributed by atoms with Gasteiger partial charge in [-0.15, -0.1) is 0 Å². The molecule has 0 aromatic rings. The third kappa shape index (κ3) is 3.13. The molecule has 0 saturated carbocycles. The Kier molecular flexibility index (Phi) is 4.42. The fourth-order valence-electron chi connectivity index (χ4n) is 4.02. The van der Waals surface area contributed by atoms with E-state index in [9.17, 15) is 19.5 Å². The number of carboxylic acids is 1. The number of allylic oxidation sites excluding steroid dienone is 1. The Morgan fingerprint density at radius 1 is 1.31 bits per heavy atom. The van der Waals surface area contributed by atoms with Crippen molar-refractivity contribution in [3.8, 4) is 0 Å². The molecule has 0 bridgehead atoms. The zero-order valence-electron chi connectivity index (χ0n) is 15.2. The van der Waals surface area contributed by atoms with E-state index in [0.717, 1.165) is 17.4 Å². The van der Waals surface area contributed by atoms with Crippen LogP contribution in [0.25, 0.3) is 0 Å². The predicted octanol–water partition coefficient (Wildman–Crippen LogP) is 2.48. The molecule has 3 aliphatic rings. The molecule has 3 atom stereocenters. The minimum absolute atomic E-state index is 0.0103. The topological polar surface area (TPSA) is 99.1 Å². The van der Waals surface area contributed by atoms with E-state index in [1.165, 1.54) is 6.08 Å². The van der Waals surface area contributed by atoms with E-state index in [1.807, 2.05) is 20.8 Å². The van der Waals surface area contributed by atoms with Gasteiger partial charge in [-0.3, -0.25) is 4.79 Å². The van der Waals surface area contributed by atoms with Crippen molar-refractivity contribution >= 4 is 17.9 Å². The largest absolute Gasteiger partial charge is 0.478 e. The lowest BCUT2D eigenvalue weighted by Gasteiger charge is -2.37. The number of carbonyl (C=O) groups excluding carboxylic acids is 2. The fraction of sp³-hybridized carbons (Fsp3) is 0.526. The van der Waals surface area contributed by atoms with Crippen LogP contribution in [0.4, 0.5) is 0 Å². The van der Waals surface area contributed by atoms with Gasteiger partial charge >= 0.3 is 17.9 Å². The van der Waals surface area contributed by atoms with Crippen LogP contribution >= 0.6 is 0 Å². The van der Waals surface area contributed by atoms with Crippen LogP contribution < -0.4 is 0 Å². The Bertz CT molecular complexity index is 769. The van der Waals surface area contributed by atoms with Gasteiger partial charge in [0, 0.05) is 17.6 Å². The number of carbonyl (C=O) groups is 3. The van der Waals surface area contributed by atoms with Crippen molar-refractivity contribution in [1.29, 1.82) is 0 Å². The maximum Gasteiger partial charge on any atom is 0.336 e. The first-order valence-corrected chi connectivity index (χ1v) is 8.48. The Morgan fingerprint density at radius 2 is 2.00 bits per heavy atom. The monoisotopic (exact) mass is 362 g/mol. The summed E-state index contributed by atoms with van der Waals surface area (Å²) in [6, 6.07) is 0. The van der Waals surface area contributed by atoms with Crippen molar-refractivity contribution in [2.45, 2.75) is 52.9 Å². The lowest BCUT2D eigenvalue weighted by atomic mass is 9.75. The van der Waals surface area contributed by atoms with E-state index in [-0.39, 0.29) is 23.4 Å². The fourth-order valence-corrected chi connectivity index (χ4v) is 4.02. The average Bonchev–Trinajstić information content (AvgIpc) is 2.99. The van der Waals surface area contributed by atoms with Gasteiger partial charge in [-0.2, -0.15) is 0 Å². The zero-order chi connectivity index (χ0) is 19.2. The molecular weight excluding hydrogens is 340 g/mol. The van der Waals surface area contributed by atoms with Crippen molar-refractivity contribution < 1.29 is 33.7 Å². The third-order valence-corrected chi connectivity index (χ3v) is 5.12. The van der Waals surface area contributed by atoms with Gasteiger partial charge in [0.2, 0.25) is 0 Å². The molecule has 7 nitrogen and oxygen atoms in total. The number of fused-ring (bicyclic) bond motifs is 1. The van der Waals surface area contributed by atoms with Crippen LogP contribution in [0.2, 0.25) is 0 Å². The summed E-state index contributed by atoms with van der Waals surface area (Å²) in [4.78, 5) is 35.2. The van der Waals surface area contributed by atoms with Crippen LogP contribution in [0, 0.1) is 11.3 Å². The van der Waals surface area contributed by atoms with Crippen LogP contribution in [0.5, 0.6) is 0 Å². The average molecular weight is 362 g/mol. The number of esters is 2. The number of hydrogen-bond acceptors (Lipinski definition) is 6. The minimum atomic E-state index is -1.16. The summed E-state index contributed by atoms with van der Waals surface area (Å²) in [6.07, 6.45) is 1.76. The molecule has 2 aliphatic heterocycles. The number of ether oxygens (including phenoxy) is 3. The van der Waals surface area contributed by atoms with E-state index in [4.69, 9.17) is 14.2 Å². The van der Waals surface area contributed by atoms with Crippen molar-refractivity contribution in [2.24, 2.45) is 11.3 Å². The Balaban J connectivity index is 1.86. The van der Waals surface area contributed by atoms with Gasteiger partial charge in [-0.1, -0.05) is 19.4 Å². The molecule has 0 spiro atoms. The molecular formula is C19H22O7. The number of rotatable bonds is 4. The molecule has 0 aromatic carbocycles. The quantitative estimate of drug-likeness (QED) is 0.355. The summed E-state index contributed by atoms with van der Waals surface area (Å²) in [6.45, 7) is 7.46. The van der Waals surface area contributed by atoms with Gasteiger partial charge in [0.25, 0.3) is 6.29 Å². The number of carboxylic acid groups (broad SMARTS) is 1. The SMILES string of the molecule is CC1=CC(OC=C(C(=O)O)C2CC(C)=C3C2OC(=O)CC3(C)C)OC1=O. The highest BCUT2D eigenvalue weighted by molar-refractivity contribution is 5.90. The molecule has 7 heteroatoms. The lowest BCUT2D eigenvalue weighted by molar-refractivity contribution is -0.157. The predicted molar refractivity (Wildman–Crippen MR) is 89.5 cm³/mol. The Labute approximate surface area is 151 Å². The molecule has 3 unspecified atom stereocenters. The second kappa shape index (κ2) is 6.30. The summed E-state index contributed by atoms with van der Waals surface area (Å²) in [5, 5.41) is 9.65. The number of hydrogen-bond donors (Lipinski definition) is 1. The van der Waals surface area contributed by atoms with Crippen LogP contribution in [-0.4, -0.2) is 35.4 Å². The number of aliphatic carboxylic acids is 1. The molecule has 1 aliphatic carbocycles. The maximum absolute atomic E-state index is 12.0. The number of cyclic esters (lactones) is 1. The van der Waals surface area contributed by atoms with Crippen LogP contribution in [0.3, 0.4) is 0 Å². The molecule has 3 rings (SSSR count). The van der Waals surface area contributed by atoms with Crippen molar-refractivity contribution in [3.63, 3.8) is 0 Å². The van der Waals surface area contributed by atoms with E-state index in [2.05, 4.69) is 0 Å². The Hall–Kier alpha value is -2.57. The van der Waals surface area contributed by atoms with Crippen LogP contribution in [0.15, 0.2) is 34.6 Å². The smallest absolute Gasteiger partial charge is 0.336 e. The van der Waals surface area contributed by atoms with Gasteiger partial charge in [0.05, 0.1) is 18.3 Å². The zero-order valence-corrected chi connectivity index (χ0v) is 15.2. The van der Waals surface area contributed by atoms with E-state index in [0.29, 0.717) is 12.0 Å². The molecule has 1 N–H and O–H groups in total. The van der Waals surface area contributed by atoms with Crippen LogP contribution in [0.1, 0.15) is 40.5 Å². The molecule has 1 fully saturated rings. The van der Waals surface area contributed by atoms with Gasteiger partial charge in [0.1, 0.15) is 6.10 Å². The summed E-state index contributed by atoms with van der Waals surface area (Å²) < 4.78 is 15.8. The van der Waals surface area contributed by atoms with E-state index in [1.54, 1.807) is 6.92 Å². The lowest BCUT2D eigenvalue weighted by Crippen LogP contribution is -2.40. The van der Waals surface area contributed by atoms with Gasteiger partial charge in [-0.05, 0) is 31.3 Å². The highest BCUT2D eigenvalue weighted by Crippen LogP contribution is 2.50. The second-order valence-electron chi connectivity index (χ2n) is 7.61.